The summed E-state index contributed by atoms with van der Waals surface area (Å²) < 4.78 is 1.80. The topological polar surface area (TPSA) is 59.0 Å². The molecule has 0 unspecified atom stereocenters. The lowest BCUT2D eigenvalue weighted by molar-refractivity contribution is 0.0944. The first-order valence-corrected chi connectivity index (χ1v) is 5.32. The SMILES string of the molecule is Cn1nc(C(=O)NC2CC2)c2c1CNC2. The van der Waals surface area contributed by atoms with Crippen molar-refractivity contribution in [2.75, 3.05) is 0 Å². The van der Waals surface area contributed by atoms with Gasteiger partial charge in [-0.25, -0.2) is 0 Å². The molecular formula is C10H14N4O. The molecular weight excluding hydrogens is 192 g/mol. The molecule has 3 rings (SSSR count). The van der Waals surface area contributed by atoms with Crippen LogP contribution >= 0.6 is 0 Å². The van der Waals surface area contributed by atoms with Gasteiger partial charge in [-0.05, 0) is 12.8 Å². The van der Waals surface area contributed by atoms with Crippen LogP contribution in [0, 0.1) is 0 Å². The summed E-state index contributed by atoms with van der Waals surface area (Å²) in [6, 6.07) is 0.393. The Bertz CT molecular complexity index is 419. The number of nitrogens with zero attached hydrogens (tertiary/aromatic N) is 2. The minimum absolute atomic E-state index is 0.0157. The van der Waals surface area contributed by atoms with E-state index in [1.807, 2.05) is 7.05 Å². The molecule has 1 amide bonds. The molecule has 15 heavy (non-hydrogen) atoms. The second kappa shape index (κ2) is 3.06. The fraction of sp³-hybridized carbons (Fsp3) is 0.600. The molecule has 1 saturated carbocycles. The molecule has 1 aromatic heterocycles. The second-order valence-corrected chi connectivity index (χ2v) is 4.25. The van der Waals surface area contributed by atoms with E-state index >= 15 is 0 Å². The van der Waals surface area contributed by atoms with E-state index in [2.05, 4.69) is 15.7 Å². The minimum Gasteiger partial charge on any atom is -0.348 e. The molecule has 2 heterocycles. The summed E-state index contributed by atoms with van der Waals surface area (Å²) in [5, 5.41) is 10.5. The van der Waals surface area contributed by atoms with Gasteiger partial charge < -0.3 is 10.6 Å². The van der Waals surface area contributed by atoms with Crippen LogP contribution in [0.3, 0.4) is 0 Å². The molecule has 0 saturated heterocycles. The molecule has 0 atom stereocenters. The summed E-state index contributed by atoms with van der Waals surface area (Å²) in [6.45, 7) is 1.58. The molecule has 0 spiro atoms. The van der Waals surface area contributed by atoms with Gasteiger partial charge in [0.05, 0.1) is 5.69 Å². The van der Waals surface area contributed by atoms with Gasteiger partial charge in [-0.1, -0.05) is 0 Å². The van der Waals surface area contributed by atoms with Crippen molar-refractivity contribution in [3.63, 3.8) is 0 Å². The molecule has 2 N–H and O–H groups in total. The predicted molar refractivity (Wildman–Crippen MR) is 54.2 cm³/mol. The number of aryl methyl sites for hydroxylation is 1. The Morgan fingerprint density at radius 1 is 1.53 bits per heavy atom. The third-order valence-corrected chi connectivity index (χ3v) is 3.00. The van der Waals surface area contributed by atoms with Gasteiger partial charge in [0.1, 0.15) is 0 Å². The molecule has 0 radical (unpaired) electrons. The zero-order chi connectivity index (χ0) is 10.4. The monoisotopic (exact) mass is 206 g/mol. The van der Waals surface area contributed by atoms with Crippen LogP contribution in [0.4, 0.5) is 0 Å². The highest BCUT2D eigenvalue weighted by Gasteiger charge is 2.29. The predicted octanol–water partition coefficient (Wildman–Crippen LogP) is -0.0845. The Hall–Kier alpha value is -1.36. The second-order valence-electron chi connectivity index (χ2n) is 4.25. The maximum absolute atomic E-state index is 11.9. The average Bonchev–Trinajstić information content (AvgIpc) is 2.79. The van der Waals surface area contributed by atoms with Gasteiger partial charge in [0.2, 0.25) is 0 Å². The van der Waals surface area contributed by atoms with Crippen molar-refractivity contribution in [2.24, 2.45) is 7.05 Å². The zero-order valence-corrected chi connectivity index (χ0v) is 8.71. The smallest absolute Gasteiger partial charge is 0.272 e. The molecule has 2 aliphatic rings. The third kappa shape index (κ3) is 1.43. The number of carbonyl (C=O) groups is 1. The van der Waals surface area contributed by atoms with E-state index in [0.717, 1.165) is 37.2 Å². The Balaban J connectivity index is 1.90. The van der Waals surface area contributed by atoms with Crippen molar-refractivity contribution in [1.82, 2.24) is 20.4 Å². The summed E-state index contributed by atoms with van der Waals surface area (Å²) in [7, 11) is 1.89. The highest BCUT2D eigenvalue weighted by molar-refractivity contribution is 5.94. The van der Waals surface area contributed by atoms with Gasteiger partial charge in [-0.3, -0.25) is 9.48 Å². The maximum atomic E-state index is 11.9. The fourth-order valence-corrected chi connectivity index (χ4v) is 1.98. The zero-order valence-electron chi connectivity index (χ0n) is 8.71. The molecule has 0 aromatic carbocycles. The van der Waals surface area contributed by atoms with E-state index in [-0.39, 0.29) is 5.91 Å². The average molecular weight is 206 g/mol. The van der Waals surface area contributed by atoms with Crippen LogP contribution < -0.4 is 10.6 Å². The fourth-order valence-electron chi connectivity index (χ4n) is 1.98. The van der Waals surface area contributed by atoms with Crippen molar-refractivity contribution in [2.45, 2.75) is 32.0 Å². The van der Waals surface area contributed by atoms with Crippen molar-refractivity contribution in [3.05, 3.63) is 17.0 Å². The van der Waals surface area contributed by atoms with Crippen LogP contribution in [0.1, 0.15) is 34.6 Å². The Labute approximate surface area is 87.8 Å². The summed E-state index contributed by atoms with van der Waals surface area (Å²) >= 11 is 0. The van der Waals surface area contributed by atoms with Crippen LogP contribution in [-0.4, -0.2) is 21.7 Å². The summed E-state index contributed by atoms with van der Waals surface area (Å²) in [5.74, 6) is -0.0157. The van der Waals surface area contributed by atoms with Crippen LogP contribution in [0.25, 0.3) is 0 Å². The number of rotatable bonds is 2. The lowest BCUT2D eigenvalue weighted by Crippen LogP contribution is -2.27. The molecule has 1 fully saturated rings. The van der Waals surface area contributed by atoms with Crippen molar-refractivity contribution in [1.29, 1.82) is 0 Å². The number of hydrogen-bond donors (Lipinski definition) is 2. The van der Waals surface area contributed by atoms with Crippen molar-refractivity contribution < 1.29 is 4.79 Å². The van der Waals surface area contributed by atoms with E-state index < -0.39 is 0 Å². The number of nitrogens with one attached hydrogen (secondary N) is 2. The van der Waals surface area contributed by atoms with Gasteiger partial charge >= 0.3 is 0 Å². The first kappa shape index (κ1) is 8.91. The van der Waals surface area contributed by atoms with E-state index in [0.29, 0.717) is 11.7 Å². The van der Waals surface area contributed by atoms with Gasteiger partial charge in [0.15, 0.2) is 5.69 Å². The van der Waals surface area contributed by atoms with Gasteiger partial charge in [-0.2, -0.15) is 5.10 Å². The van der Waals surface area contributed by atoms with Crippen LogP contribution in [-0.2, 0) is 20.1 Å². The highest BCUT2D eigenvalue weighted by Crippen LogP contribution is 2.22. The molecule has 1 aliphatic carbocycles. The lowest BCUT2D eigenvalue weighted by atomic mass is 10.2. The molecule has 80 valence electrons. The van der Waals surface area contributed by atoms with Gasteiger partial charge in [0.25, 0.3) is 5.91 Å². The number of aromatic nitrogens is 2. The van der Waals surface area contributed by atoms with Crippen LogP contribution in [0.15, 0.2) is 0 Å². The third-order valence-electron chi connectivity index (χ3n) is 3.00. The summed E-state index contributed by atoms with van der Waals surface area (Å²) in [6.07, 6.45) is 2.22. The van der Waals surface area contributed by atoms with Gasteiger partial charge in [0, 0.05) is 31.7 Å². The maximum Gasteiger partial charge on any atom is 0.272 e. The molecule has 0 bridgehead atoms. The Morgan fingerprint density at radius 2 is 2.33 bits per heavy atom. The minimum atomic E-state index is -0.0157. The molecule has 1 aromatic rings. The van der Waals surface area contributed by atoms with Crippen LogP contribution in [0.5, 0.6) is 0 Å². The first-order chi connectivity index (χ1) is 7.25. The van der Waals surface area contributed by atoms with E-state index in [4.69, 9.17) is 0 Å². The molecule has 5 nitrogen and oxygen atoms in total. The lowest BCUT2D eigenvalue weighted by Gasteiger charge is -2.01. The van der Waals surface area contributed by atoms with Crippen molar-refractivity contribution in [3.8, 4) is 0 Å². The summed E-state index contributed by atoms with van der Waals surface area (Å²) in [4.78, 5) is 11.9. The van der Waals surface area contributed by atoms with Crippen molar-refractivity contribution >= 4 is 5.91 Å². The number of hydrogen-bond acceptors (Lipinski definition) is 3. The van der Waals surface area contributed by atoms with E-state index in [9.17, 15) is 4.79 Å². The Morgan fingerprint density at radius 3 is 3.07 bits per heavy atom. The highest BCUT2D eigenvalue weighted by atomic mass is 16.2. The molecule has 1 aliphatic heterocycles. The quantitative estimate of drug-likeness (QED) is 0.711. The van der Waals surface area contributed by atoms with Crippen LogP contribution in [0.2, 0.25) is 0 Å². The normalized spacial score (nSPS) is 19.0. The standard InChI is InChI=1S/C10H14N4O/c1-14-8-5-11-4-7(8)9(13-14)10(15)12-6-2-3-6/h6,11H,2-5H2,1H3,(H,12,15). The van der Waals surface area contributed by atoms with E-state index in [1.165, 1.54) is 0 Å². The number of carbonyl (C=O) groups excluding carboxylic acids is 1. The summed E-state index contributed by atoms with van der Waals surface area (Å²) in [5.41, 5.74) is 2.80. The van der Waals surface area contributed by atoms with Gasteiger partial charge in [-0.15, -0.1) is 0 Å². The number of amides is 1. The van der Waals surface area contributed by atoms with E-state index in [1.54, 1.807) is 4.68 Å². The Kier molecular flexibility index (Phi) is 1.82. The number of fused-ring (bicyclic) bond motifs is 1. The largest absolute Gasteiger partial charge is 0.348 e. The molecule has 5 heteroatoms. The first-order valence-electron chi connectivity index (χ1n) is 5.32.